The van der Waals surface area contributed by atoms with Crippen molar-refractivity contribution in [2.45, 2.75) is 26.1 Å². The van der Waals surface area contributed by atoms with E-state index in [4.69, 9.17) is 10.2 Å². The Morgan fingerprint density at radius 2 is 1.53 bits per heavy atom. The average Bonchev–Trinajstić information content (AvgIpc) is 2.29. The zero-order chi connectivity index (χ0) is 15.0. The summed E-state index contributed by atoms with van der Waals surface area (Å²) in [6.07, 6.45) is -3.79. The van der Waals surface area contributed by atoms with E-state index < -0.39 is 36.0 Å². The molecule has 0 aliphatic heterocycles. The van der Waals surface area contributed by atoms with E-state index in [1.807, 2.05) is 0 Å². The normalized spacial score (nSPS) is 13.0. The fourth-order valence-corrected chi connectivity index (χ4v) is 1.13. The Labute approximate surface area is 108 Å². The van der Waals surface area contributed by atoms with Gasteiger partial charge in [0.1, 0.15) is 0 Å². The number of hydrogen-bond acceptors (Lipinski definition) is 7. The molecular formula is C10H15NO8. The summed E-state index contributed by atoms with van der Waals surface area (Å²) in [4.78, 5) is 44.2. The number of aliphatic hydroxyl groups is 1. The van der Waals surface area contributed by atoms with Crippen molar-refractivity contribution in [3.63, 3.8) is 0 Å². The third kappa shape index (κ3) is 6.36. The molecule has 0 saturated heterocycles. The van der Waals surface area contributed by atoms with Gasteiger partial charge in [-0.05, 0) is 0 Å². The fourth-order valence-electron chi connectivity index (χ4n) is 1.13. The molecule has 0 radical (unpaired) electrons. The Morgan fingerprint density at radius 1 is 1.05 bits per heavy atom. The topological polar surface area (TPSA) is 139 Å². The predicted octanol–water partition coefficient (Wildman–Crippen LogP) is -1.96. The summed E-state index contributed by atoms with van der Waals surface area (Å²) < 4.78 is 8.98. The highest BCUT2D eigenvalue weighted by Crippen LogP contribution is 2.07. The number of hydrogen-bond donors (Lipinski definition) is 3. The maximum absolute atomic E-state index is 11.6. The molecule has 0 bridgehead atoms. The molecular weight excluding hydrogens is 262 g/mol. The lowest BCUT2D eigenvalue weighted by Crippen LogP contribution is -2.50. The van der Waals surface area contributed by atoms with Gasteiger partial charge in [0.2, 0.25) is 12.2 Å². The lowest BCUT2D eigenvalue weighted by Gasteiger charge is -2.22. The van der Waals surface area contributed by atoms with Crippen molar-refractivity contribution in [1.29, 1.82) is 0 Å². The molecule has 0 spiro atoms. The molecule has 0 rings (SSSR count). The van der Waals surface area contributed by atoms with Gasteiger partial charge in [-0.15, -0.1) is 0 Å². The minimum Gasteiger partial charge on any atom is -0.478 e. The molecule has 3 N–H and O–H groups in total. The Hall–Kier alpha value is -2.16. The second-order valence-corrected chi connectivity index (χ2v) is 3.41. The van der Waals surface area contributed by atoms with E-state index in [0.29, 0.717) is 0 Å². The van der Waals surface area contributed by atoms with Crippen molar-refractivity contribution in [2.24, 2.45) is 0 Å². The number of nitrogens with one attached hydrogen (secondary N) is 1. The summed E-state index contributed by atoms with van der Waals surface area (Å²) >= 11 is 0. The summed E-state index contributed by atoms with van der Waals surface area (Å²) in [6.45, 7) is 1.37. The van der Waals surface area contributed by atoms with Crippen LogP contribution in [0.15, 0.2) is 0 Å². The Balaban J connectivity index is 5.04. The van der Waals surface area contributed by atoms with Crippen molar-refractivity contribution in [1.82, 2.24) is 5.32 Å². The van der Waals surface area contributed by atoms with Crippen molar-refractivity contribution in [3.05, 3.63) is 0 Å². The van der Waals surface area contributed by atoms with Crippen LogP contribution in [0, 0.1) is 0 Å². The maximum Gasteiger partial charge on any atom is 0.349 e. The molecule has 0 aliphatic rings. The molecule has 2 atom stereocenters. The van der Waals surface area contributed by atoms with E-state index in [1.54, 1.807) is 0 Å². The standard InChI is InChI=1S/C10H15NO8/c1-5(13)18-7(9(15)11-3-4-12)8(10(16)17)19-6(2)14/h7-8,12H,3-4H2,1-2H3,(H,11,15)(H,16,17). The SMILES string of the molecule is CC(=O)OC(C(=O)O)C(OC(C)=O)C(=O)NCCO. The maximum atomic E-state index is 11.6. The Bertz CT molecular complexity index is 367. The molecule has 0 aromatic rings. The van der Waals surface area contributed by atoms with Crippen LogP contribution in [0.25, 0.3) is 0 Å². The van der Waals surface area contributed by atoms with Gasteiger partial charge in [0.05, 0.1) is 6.61 Å². The number of aliphatic carboxylic acids is 1. The van der Waals surface area contributed by atoms with Gasteiger partial charge in [-0.1, -0.05) is 0 Å². The highest BCUT2D eigenvalue weighted by molar-refractivity contribution is 5.90. The Kier molecular flexibility index (Phi) is 7.12. The molecule has 0 heterocycles. The van der Waals surface area contributed by atoms with Gasteiger partial charge in [-0.3, -0.25) is 14.4 Å². The second kappa shape index (κ2) is 8.03. The van der Waals surface area contributed by atoms with Crippen LogP contribution in [0.1, 0.15) is 13.8 Å². The van der Waals surface area contributed by atoms with Crippen LogP contribution in [0.5, 0.6) is 0 Å². The summed E-state index contributed by atoms with van der Waals surface area (Å²) in [5, 5.41) is 19.6. The molecule has 0 saturated carbocycles. The van der Waals surface area contributed by atoms with Gasteiger partial charge >= 0.3 is 17.9 Å². The molecule has 0 aromatic carbocycles. The summed E-state index contributed by atoms with van der Waals surface area (Å²) in [5.74, 6) is -4.49. The van der Waals surface area contributed by atoms with Gasteiger partial charge in [0.25, 0.3) is 5.91 Å². The first-order chi connectivity index (χ1) is 8.79. The van der Waals surface area contributed by atoms with E-state index in [1.165, 1.54) is 0 Å². The van der Waals surface area contributed by atoms with Crippen LogP contribution in [0.4, 0.5) is 0 Å². The lowest BCUT2D eigenvalue weighted by atomic mass is 10.2. The third-order valence-corrected chi connectivity index (χ3v) is 1.77. The number of esters is 2. The Morgan fingerprint density at radius 3 is 1.89 bits per heavy atom. The quantitative estimate of drug-likeness (QED) is 0.456. The summed E-state index contributed by atoms with van der Waals surface area (Å²) in [7, 11) is 0. The van der Waals surface area contributed by atoms with E-state index in [0.717, 1.165) is 13.8 Å². The van der Waals surface area contributed by atoms with Crippen LogP contribution in [0.3, 0.4) is 0 Å². The highest BCUT2D eigenvalue weighted by Gasteiger charge is 2.39. The first kappa shape index (κ1) is 16.8. The number of amides is 1. The average molecular weight is 277 g/mol. The number of ether oxygens (including phenoxy) is 2. The smallest absolute Gasteiger partial charge is 0.349 e. The van der Waals surface area contributed by atoms with E-state index in [2.05, 4.69) is 14.8 Å². The molecule has 0 aromatic heterocycles. The third-order valence-electron chi connectivity index (χ3n) is 1.77. The number of carboxylic acid groups (broad SMARTS) is 1. The van der Waals surface area contributed by atoms with Crippen molar-refractivity contribution < 1.29 is 38.9 Å². The first-order valence-electron chi connectivity index (χ1n) is 5.25. The van der Waals surface area contributed by atoms with Crippen molar-refractivity contribution in [2.75, 3.05) is 13.2 Å². The van der Waals surface area contributed by atoms with Crippen LogP contribution in [0.2, 0.25) is 0 Å². The molecule has 1 amide bonds. The lowest BCUT2D eigenvalue weighted by molar-refractivity contribution is -0.180. The predicted molar refractivity (Wildman–Crippen MR) is 58.8 cm³/mol. The zero-order valence-electron chi connectivity index (χ0n) is 10.4. The monoisotopic (exact) mass is 277 g/mol. The van der Waals surface area contributed by atoms with Crippen LogP contribution >= 0.6 is 0 Å². The number of aliphatic hydroxyl groups excluding tert-OH is 1. The number of carboxylic acids is 1. The number of carbonyl (C=O) groups excluding carboxylic acids is 3. The van der Waals surface area contributed by atoms with Crippen LogP contribution in [-0.4, -0.2) is 59.4 Å². The molecule has 0 fully saturated rings. The number of rotatable bonds is 7. The molecule has 2 unspecified atom stereocenters. The van der Waals surface area contributed by atoms with E-state index in [-0.39, 0.29) is 13.2 Å². The molecule has 9 nitrogen and oxygen atoms in total. The van der Waals surface area contributed by atoms with Gasteiger partial charge in [0, 0.05) is 20.4 Å². The van der Waals surface area contributed by atoms with E-state index in [9.17, 15) is 19.2 Å². The molecule has 0 aliphatic carbocycles. The second-order valence-electron chi connectivity index (χ2n) is 3.41. The first-order valence-corrected chi connectivity index (χ1v) is 5.25. The van der Waals surface area contributed by atoms with E-state index >= 15 is 0 Å². The summed E-state index contributed by atoms with van der Waals surface area (Å²) in [5.41, 5.74) is 0. The largest absolute Gasteiger partial charge is 0.478 e. The zero-order valence-corrected chi connectivity index (χ0v) is 10.4. The van der Waals surface area contributed by atoms with Gasteiger partial charge in [-0.2, -0.15) is 0 Å². The van der Waals surface area contributed by atoms with Gasteiger partial charge in [-0.25, -0.2) is 4.79 Å². The minimum absolute atomic E-state index is 0.164. The fraction of sp³-hybridized carbons (Fsp3) is 0.600. The van der Waals surface area contributed by atoms with Gasteiger partial charge in [0.15, 0.2) is 0 Å². The van der Waals surface area contributed by atoms with Gasteiger partial charge < -0.3 is 25.0 Å². The molecule has 108 valence electrons. The highest BCUT2D eigenvalue weighted by atomic mass is 16.6. The van der Waals surface area contributed by atoms with Crippen LogP contribution in [-0.2, 0) is 28.7 Å². The van der Waals surface area contributed by atoms with Crippen LogP contribution < -0.4 is 5.32 Å². The minimum atomic E-state index is -1.96. The van der Waals surface area contributed by atoms with Crippen molar-refractivity contribution in [3.8, 4) is 0 Å². The molecule has 19 heavy (non-hydrogen) atoms. The summed E-state index contributed by atoms with van der Waals surface area (Å²) in [6, 6.07) is 0. The molecule has 9 heteroatoms. The number of carbonyl (C=O) groups is 4. The van der Waals surface area contributed by atoms with Crippen molar-refractivity contribution >= 4 is 23.8 Å².